The van der Waals surface area contributed by atoms with Crippen LogP contribution in [-0.4, -0.2) is 39.5 Å². The van der Waals surface area contributed by atoms with Gasteiger partial charge in [0.2, 0.25) is 10.0 Å². The van der Waals surface area contributed by atoms with Gasteiger partial charge in [-0.2, -0.15) is 4.31 Å². The third-order valence-electron chi connectivity index (χ3n) is 7.38. The Morgan fingerprint density at radius 1 is 0.977 bits per heavy atom. The van der Waals surface area contributed by atoms with Crippen LogP contribution >= 0.6 is 11.6 Å². The average molecular weight is 618 g/mol. The summed E-state index contributed by atoms with van der Waals surface area (Å²) in [5.74, 6) is -1.99. The number of nitrogens with zero attached hydrogens (tertiary/aromatic N) is 2. The summed E-state index contributed by atoms with van der Waals surface area (Å²) >= 11 is 5.99. The SMILES string of the molecule is O=C(O)[C@@]1(N(Cc2noc(=O)[nH]2)S(=O)(=O)c2ccc(-c3ccc(Cl)cc3)cc2)C[C@H]1c1cccc(Oc2ccccc2)c1. The summed E-state index contributed by atoms with van der Waals surface area (Å²) in [6, 6.07) is 29.2. The lowest BCUT2D eigenvalue weighted by molar-refractivity contribution is -0.143. The Morgan fingerprint density at radius 3 is 2.26 bits per heavy atom. The van der Waals surface area contributed by atoms with E-state index in [-0.39, 0.29) is 17.1 Å². The highest BCUT2D eigenvalue weighted by Crippen LogP contribution is 2.58. The molecule has 1 heterocycles. The number of para-hydroxylation sites is 1. The Hall–Kier alpha value is -4.71. The van der Waals surface area contributed by atoms with Crippen molar-refractivity contribution in [2.75, 3.05) is 0 Å². The van der Waals surface area contributed by atoms with Gasteiger partial charge in [0.1, 0.15) is 17.0 Å². The van der Waals surface area contributed by atoms with E-state index in [0.29, 0.717) is 22.1 Å². The van der Waals surface area contributed by atoms with Gasteiger partial charge in [0.25, 0.3) is 0 Å². The molecule has 4 aromatic carbocycles. The quantitative estimate of drug-likeness (QED) is 0.204. The average Bonchev–Trinajstić information content (AvgIpc) is 3.63. The number of hydrogen-bond acceptors (Lipinski definition) is 7. The molecule has 12 heteroatoms. The molecule has 1 aliphatic rings. The van der Waals surface area contributed by atoms with Crippen LogP contribution in [0.2, 0.25) is 5.02 Å². The van der Waals surface area contributed by atoms with E-state index in [1.165, 1.54) is 12.1 Å². The standard InChI is InChI=1S/C31H24ClN3O7S/c32-23-13-9-20(10-14-23)21-11-15-26(16-12-21)43(39,40)35(19-28-33-30(38)42-34-28)31(29(36)37)18-27(31)22-5-4-8-25(17-22)41-24-6-2-1-3-7-24/h1-17,27H,18-19H2,(H,36,37)(H,33,34,38)/t27-,31+/m0/s1. The van der Waals surface area contributed by atoms with E-state index in [1.807, 2.05) is 30.3 Å². The van der Waals surface area contributed by atoms with Gasteiger partial charge in [-0.3, -0.25) is 14.3 Å². The largest absolute Gasteiger partial charge is 0.480 e. The predicted molar refractivity (Wildman–Crippen MR) is 157 cm³/mol. The number of benzene rings is 4. The van der Waals surface area contributed by atoms with Gasteiger partial charge in [0, 0.05) is 10.9 Å². The van der Waals surface area contributed by atoms with Gasteiger partial charge in [-0.15, -0.1) is 0 Å². The molecule has 1 aliphatic carbocycles. The maximum absolute atomic E-state index is 14.2. The highest BCUT2D eigenvalue weighted by atomic mass is 35.5. The Kier molecular flexibility index (Phi) is 7.38. The molecule has 1 saturated carbocycles. The maximum atomic E-state index is 14.2. The number of halogens is 1. The second-order valence-electron chi connectivity index (χ2n) is 10.1. The van der Waals surface area contributed by atoms with Crippen molar-refractivity contribution < 1.29 is 27.6 Å². The first-order chi connectivity index (χ1) is 20.7. The minimum atomic E-state index is -4.44. The zero-order valence-corrected chi connectivity index (χ0v) is 24.0. The lowest BCUT2D eigenvalue weighted by Crippen LogP contribution is -2.48. The number of aromatic nitrogens is 2. The summed E-state index contributed by atoms with van der Waals surface area (Å²) < 4.78 is 39.7. The molecule has 0 aliphatic heterocycles. The zero-order valence-electron chi connectivity index (χ0n) is 22.4. The molecule has 0 amide bonds. The highest BCUT2D eigenvalue weighted by molar-refractivity contribution is 7.89. The smallest absolute Gasteiger partial charge is 0.438 e. The summed E-state index contributed by atoms with van der Waals surface area (Å²) in [5.41, 5.74) is 0.292. The van der Waals surface area contributed by atoms with E-state index in [2.05, 4.69) is 14.7 Å². The van der Waals surface area contributed by atoms with Gasteiger partial charge in [-0.05, 0) is 71.6 Å². The molecule has 0 radical (unpaired) electrons. The van der Waals surface area contributed by atoms with Crippen molar-refractivity contribution in [2.45, 2.75) is 29.3 Å². The van der Waals surface area contributed by atoms with E-state index >= 15 is 0 Å². The second-order valence-corrected chi connectivity index (χ2v) is 12.4. The molecule has 6 rings (SSSR count). The molecule has 218 valence electrons. The molecule has 1 aromatic heterocycles. The summed E-state index contributed by atoms with van der Waals surface area (Å²) in [7, 11) is -4.44. The number of aliphatic carboxylic acids is 1. The minimum Gasteiger partial charge on any atom is -0.480 e. The highest BCUT2D eigenvalue weighted by Gasteiger charge is 2.68. The van der Waals surface area contributed by atoms with E-state index in [9.17, 15) is 23.1 Å². The maximum Gasteiger partial charge on any atom is 0.438 e. The van der Waals surface area contributed by atoms with Crippen molar-refractivity contribution in [3.63, 3.8) is 0 Å². The van der Waals surface area contributed by atoms with Crippen molar-refractivity contribution in [1.82, 2.24) is 14.4 Å². The summed E-state index contributed by atoms with van der Waals surface area (Å²) in [4.78, 5) is 26.8. The van der Waals surface area contributed by atoms with Crippen LogP contribution in [0.4, 0.5) is 0 Å². The second kappa shape index (κ2) is 11.2. The van der Waals surface area contributed by atoms with Crippen molar-refractivity contribution in [1.29, 1.82) is 0 Å². The third-order valence-corrected chi connectivity index (χ3v) is 9.54. The molecule has 0 unspecified atom stereocenters. The van der Waals surface area contributed by atoms with Crippen LogP contribution in [0.15, 0.2) is 117 Å². The topological polar surface area (TPSA) is 143 Å². The number of sulfonamides is 1. The van der Waals surface area contributed by atoms with Gasteiger partial charge in [0.15, 0.2) is 5.82 Å². The van der Waals surface area contributed by atoms with Crippen molar-refractivity contribution in [3.8, 4) is 22.6 Å². The minimum absolute atomic E-state index is 0.0126. The molecule has 2 atom stereocenters. The zero-order chi connectivity index (χ0) is 30.2. The van der Waals surface area contributed by atoms with Crippen molar-refractivity contribution in [3.05, 3.63) is 130 Å². The van der Waals surface area contributed by atoms with Gasteiger partial charge in [-0.1, -0.05) is 71.4 Å². The first-order valence-electron chi connectivity index (χ1n) is 13.2. The van der Waals surface area contributed by atoms with Crippen LogP contribution in [0.1, 0.15) is 23.7 Å². The van der Waals surface area contributed by atoms with E-state index < -0.39 is 39.8 Å². The lowest BCUT2D eigenvalue weighted by Gasteiger charge is -2.28. The fourth-order valence-corrected chi connectivity index (χ4v) is 7.04. The number of nitrogens with one attached hydrogen (secondary N) is 1. The lowest BCUT2D eigenvalue weighted by atomic mass is 10.1. The molecule has 43 heavy (non-hydrogen) atoms. The van der Waals surface area contributed by atoms with Crippen molar-refractivity contribution in [2.24, 2.45) is 0 Å². The number of hydrogen-bond donors (Lipinski definition) is 2. The molecule has 0 bridgehead atoms. The molecule has 1 fully saturated rings. The number of carboxylic acids is 1. The molecule has 0 spiro atoms. The molecule has 10 nitrogen and oxygen atoms in total. The van der Waals surface area contributed by atoms with Gasteiger partial charge in [-0.25, -0.2) is 13.2 Å². The van der Waals surface area contributed by atoms with Crippen LogP contribution in [0.25, 0.3) is 11.1 Å². The summed E-state index contributed by atoms with van der Waals surface area (Å²) in [5, 5.41) is 14.7. The first kappa shape index (κ1) is 28.4. The van der Waals surface area contributed by atoms with Crippen LogP contribution < -0.4 is 10.5 Å². The number of aromatic amines is 1. The van der Waals surface area contributed by atoms with Gasteiger partial charge in [0.05, 0.1) is 11.4 Å². The molecular weight excluding hydrogens is 594 g/mol. The molecule has 2 N–H and O–H groups in total. The fourth-order valence-electron chi connectivity index (χ4n) is 5.18. The van der Waals surface area contributed by atoms with Gasteiger partial charge >= 0.3 is 11.7 Å². The number of ether oxygens (including phenoxy) is 1. The summed E-state index contributed by atoms with van der Waals surface area (Å²) in [6.07, 6.45) is -0.0126. The predicted octanol–water partition coefficient (Wildman–Crippen LogP) is 5.68. The monoisotopic (exact) mass is 617 g/mol. The Morgan fingerprint density at radius 2 is 1.63 bits per heavy atom. The van der Waals surface area contributed by atoms with Crippen LogP contribution in [0.3, 0.4) is 0 Å². The number of rotatable bonds is 10. The van der Waals surface area contributed by atoms with E-state index in [1.54, 1.807) is 60.7 Å². The molecule has 5 aromatic rings. The summed E-state index contributed by atoms with van der Waals surface area (Å²) in [6.45, 7) is -0.532. The number of H-pyrrole nitrogens is 1. The fraction of sp³-hybridized carbons (Fsp3) is 0.129. The van der Waals surface area contributed by atoms with Gasteiger partial charge < -0.3 is 9.84 Å². The molecule has 0 saturated heterocycles. The van der Waals surface area contributed by atoms with Crippen LogP contribution in [-0.2, 0) is 21.4 Å². The van der Waals surface area contributed by atoms with Crippen molar-refractivity contribution >= 4 is 27.6 Å². The van der Waals surface area contributed by atoms with E-state index in [4.69, 9.17) is 16.3 Å². The Balaban J connectivity index is 1.37. The number of carboxylic acid groups (broad SMARTS) is 1. The first-order valence-corrected chi connectivity index (χ1v) is 15.0. The number of carbonyl (C=O) groups is 1. The van der Waals surface area contributed by atoms with E-state index in [0.717, 1.165) is 15.4 Å². The van der Waals surface area contributed by atoms with Crippen LogP contribution in [0.5, 0.6) is 11.5 Å². The Bertz CT molecular complexity index is 1940. The normalized spacial score (nSPS) is 18.0. The third kappa shape index (κ3) is 5.57. The molecular formula is C31H24ClN3O7S. The Labute approximate surface area is 251 Å². The van der Waals surface area contributed by atoms with Crippen LogP contribution in [0, 0.1) is 0 Å².